The summed E-state index contributed by atoms with van der Waals surface area (Å²) in [6.45, 7) is 1.49. The van der Waals surface area contributed by atoms with Crippen molar-refractivity contribution >= 4 is 23.4 Å². The Labute approximate surface area is 133 Å². The molecule has 0 radical (unpaired) electrons. The molecule has 24 heavy (non-hydrogen) atoms. The fourth-order valence-electron chi connectivity index (χ4n) is 2.31. The number of aryl methyl sites for hydroxylation is 1. The number of nitrogen functional groups attached to an aromatic ring is 1. The van der Waals surface area contributed by atoms with Crippen LogP contribution in [0.1, 0.15) is 26.3 Å². The Kier molecular flexibility index (Phi) is 4.05. The van der Waals surface area contributed by atoms with Crippen molar-refractivity contribution in [3.8, 4) is 11.1 Å². The summed E-state index contributed by atoms with van der Waals surface area (Å²) in [6.07, 6.45) is 0. The van der Waals surface area contributed by atoms with E-state index in [4.69, 9.17) is 5.73 Å². The van der Waals surface area contributed by atoms with Crippen molar-refractivity contribution < 1.29 is 24.7 Å². The minimum Gasteiger partial charge on any atom is -0.478 e. The first-order valence-corrected chi connectivity index (χ1v) is 6.43. The third-order valence-electron chi connectivity index (χ3n) is 3.37. The molecule has 1 heterocycles. The number of nitro groups is 1. The van der Waals surface area contributed by atoms with Gasteiger partial charge in [-0.2, -0.15) is 0 Å². The van der Waals surface area contributed by atoms with Crippen molar-refractivity contribution in [2.75, 3.05) is 5.73 Å². The zero-order chi connectivity index (χ0) is 18.2. The highest BCUT2D eigenvalue weighted by atomic mass is 16.6. The van der Waals surface area contributed by atoms with Crippen LogP contribution in [0.25, 0.3) is 11.1 Å². The lowest BCUT2D eigenvalue weighted by Crippen LogP contribution is -2.24. The SMILES string of the molecule is Cc1ccc([N+](=O)[O-])cc1-c1c(C(=O)O)c(N)[nH]c(=O)c1C(=O)O. The number of nitro benzene ring substituents is 1. The first-order chi connectivity index (χ1) is 11.1. The Morgan fingerprint density at radius 2 is 1.79 bits per heavy atom. The topological polar surface area (TPSA) is 177 Å². The van der Waals surface area contributed by atoms with Gasteiger partial charge in [0.05, 0.1) is 4.92 Å². The molecule has 1 aromatic carbocycles. The van der Waals surface area contributed by atoms with E-state index < -0.39 is 44.9 Å². The molecule has 0 saturated heterocycles. The second-order valence-electron chi connectivity index (χ2n) is 4.86. The standard InChI is InChI=1S/C14H11N3O7/c1-5-2-3-6(17(23)24)4-7(5)8-9(13(19)20)11(15)16-12(18)10(8)14(21)22/h2-4H,1H3,(H,19,20)(H,21,22)(H3,15,16,18). The van der Waals surface area contributed by atoms with Crippen molar-refractivity contribution in [1.29, 1.82) is 0 Å². The van der Waals surface area contributed by atoms with Gasteiger partial charge in [0.2, 0.25) is 0 Å². The van der Waals surface area contributed by atoms with Gasteiger partial charge >= 0.3 is 11.9 Å². The van der Waals surface area contributed by atoms with E-state index in [1.807, 2.05) is 4.98 Å². The Hall–Kier alpha value is -3.69. The molecule has 0 atom stereocenters. The molecule has 0 amide bonds. The van der Waals surface area contributed by atoms with Crippen LogP contribution in [0.4, 0.5) is 11.5 Å². The Bertz CT molecular complexity index is 946. The molecule has 0 saturated carbocycles. The van der Waals surface area contributed by atoms with Crippen LogP contribution < -0.4 is 11.3 Å². The maximum absolute atomic E-state index is 11.9. The molecule has 0 spiro atoms. The molecule has 0 aliphatic carbocycles. The van der Waals surface area contributed by atoms with Crippen LogP contribution >= 0.6 is 0 Å². The number of H-pyrrole nitrogens is 1. The number of nitrogens with one attached hydrogen (secondary N) is 1. The minimum atomic E-state index is -1.68. The van der Waals surface area contributed by atoms with Crippen molar-refractivity contribution in [3.63, 3.8) is 0 Å². The van der Waals surface area contributed by atoms with Crippen LogP contribution in [-0.4, -0.2) is 32.1 Å². The number of hydrogen-bond donors (Lipinski definition) is 4. The van der Waals surface area contributed by atoms with Crippen molar-refractivity contribution in [1.82, 2.24) is 4.98 Å². The summed E-state index contributed by atoms with van der Waals surface area (Å²) in [5.41, 5.74) is 2.32. The number of aromatic amines is 1. The molecule has 0 unspecified atom stereocenters. The average molecular weight is 333 g/mol. The van der Waals surface area contributed by atoms with Gasteiger partial charge in [-0.3, -0.25) is 14.9 Å². The minimum absolute atomic E-state index is 0.0724. The molecule has 1 aromatic heterocycles. The number of pyridine rings is 1. The molecule has 2 rings (SSSR count). The molecule has 5 N–H and O–H groups in total. The van der Waals surface area contributed by atoms with E-state index in [2.05, 4.69) is 0 Å². The monoisotopic (exact) mass is 333 g/mol. The van der Waals surface area contributed by atoms with E-state index in [9.17, 15) is 34.7 Å². The molecule has 10 nitrogen and oxygen atoms in total. The molecule has 2 aromatic rings. The summed E-state index contributed by atoms with van der Waals surface area (Å²) in [6, 6.07) is 3.50. The zero-order valence-corrected chi connectivity index (χ0v) is 12.2. The van der Waals surface area contributed by atoms with E-state index in [1.165, 1.54) is 19.1 Å². The number of aromatic carboxylic acids is 2. The summed E-state index contributed by atoms with van der Waals surface area (Å²) >= 11 is 0. The van der Waals surface area contributed by atoms with Gasteiger partial charge in [0.15, 0.2) is 0 Å². The van der Waals surface area contributed by atoms with Gasteiger partial charge in [-0.1, -0.05) is 6.07 Å². The number of anilines is 1. The molecular weight excluding hydrogens is 322 g/mol. The molecule has 0 aliphatic heterocycles. The van der Waals surface area contributed by atoms with Crippen LogP contribution in [0.2, 0.25) is 0 Å². The van der Waals surface area contributed by atoms with E-state index in [1.54, 1.807) is 0 Å². The lowest BCUT2D eigenvalue weighted by Gasteiger charge is -2.13. The number of hydrogen-bond acceptors (Lipinski definition) is 6. The molecule has 124 valence electrons. The quantitative estimate of drug-likeness (QED) is 0.476. The Balaban J connectivity index is 3.05. The van der Waals surface area contributed by atoms with Crippen molar-refractivity contribution in [2.45, 2.75) is 6.92 Å². The highest BCUT2D eigenvalue weighted by Crippen LogP contribution is 2.33. The van der Waals surface area contributed by atoms with E-state index >= 15 is 0 Å². The highest BCUT2D eigenvalue weighted by molar-refractivity contribution is 6.07. The number of carboxylic acid groups (broad SMARTS) is 2. The van der Waals surface area contributed by atoms with Gasteiger partial charge < -0.3 is 20.9 Å². The fraction of sp³-hybridized carbons (Fsp3) is 0.0714. The third kappa shape index (κ3) is 2.67. The number of nitrogens with two attached hydrogens (primary N) is 1. The van der Waals surface area contributed by atoms with Crippen molar-refractivity contribution in [3.05, 3.63) is 55.4 Å². The lowest BCUT2D eigenvalue weighted by atomic mass is 9.92. The summed E-state index contributed by atoms with van der Waals surface area (Å²) < 4.78 is 0. The number of carbonyl (C=O) groups is 2. The summed E-state index contributed by atoms with van der Waals surface area (Å²) in [5.74, 6) is -3.80. The van der Waals surface area contributed by atoms with E-state index in [-0.39, 0.29) is 11.3 Å². The number of nitrogens with zero attached hydrogens (tertiary/aromatic N) is 1. The Morgan fingerprint density at radius 1 is 1.21 bits per heavy atom. The second kappa shape index (κ2) is 5.83. The fourth-order valence-corrected chi connectivity index (χ4v) is 2.31. The van der Waals surface area contributed by atoms with Crippen LogP contribution in [0, 0.1) is 17.0 Å². The van der Waals surface area contributed by atoms with Crippen molar-refractivity contribution in [2.24, 2.45) is 0 Å². The van der Waals surface area contributed by atoms with Crippen LogP contribution in [-0.2, 0) is 0 Å². The largest absolute Gasteiger partial charge is 0.478 e. The molecule has 0 aliphatic rings. The molecule has 0 fully saturated rings. The number of non-ortho nitro benzene ring substituents is 1. The molecule has 10 heteroatoms. The van der Waals surface area contributed by atoms with Crippen LogP contribution in [0.15, 0.2) is 23.0 Å². The highest BCUT2D eigenvalue weighted by Gasteiger charge is 2.28. The lowest BCUT2D eigenvalue weighted by molar-refractivity contribution is -0.384. The molecule has 0 bridgehead atoms. The summed E-state index contributed by atoms with van der Waals surface area (Å²) in [7, 11) is 0. The zero-order valence-electron chi connectivity index (χ0n) is 12.2. The Morgan fingerprint density at radius 3 is 2.29 bits per heavy atom. The maximum Gasteiger partial charge on any atom is 0.342 e. The summed E-state index contributed by atoms with van der Waals surface area (Å²) in [4.78, 5) is 47.1. The maximum atomic E-state index is 11.9. The number of benzene rings is 1. The predicted molar refractivity (Wildman–Crippen MR) is 82.2 cm³/mol. The van der Waals surface area contributed by atoms with Gasteiger partial charge in [-0.15, -0.1) is 0 Å². The van der Waals surface area contributed by atoms with E-state index in [0.29, 0.717) is 5.56 Å². The number of aromatic nitrogens is 1. The first kappa shape index (κ1) is 16.7. The van der Waals surface area contributed by atoms with Gasteiger partial charge in [0, 0.05) is 17.7 Å². The van der Waals surface area contributed by atoms with Gasteiger partial charge in [0.1, 0.15) is 16.9 Å². The predicted octanol–water partition coefficient (Wildman–Crippen LogP) is 1.24. The van der Waals surface area contributed by atoms with E-state index in [0.717, 1.165) is 6.07 Å². The van der Waals surface area contributed by atoms with Crippen LogP contribution in [0.3, 0.4) is 0 Å². The third-order valence-corrected chi connectivity index (χ3v) is 3.37. The average Bonchev–Trinajstić information content (AvgIpc) is 2.45. The smallest absolute Gasteiger partial charge is 0.342 e. The van der Waals surface area contributed by atoms with Gasteiger partial charge in [-0.25, -0.2) is 9.59 Å². The number of rotatable bonds is 4. The van der Waals surface area contributed by atoms with Gasteiger partial charge in [0.25, 0.3) is 11.2 Å². The molecular formula is C14H11N3O7. The summed E-state index contributed by atoms with van der Waals surface area (Å²) in [5, 5.41) is 29.6. The number of carboxylic acids is 2. The van der Waals surface area contributed by atoms with Gasteiger partial charge in [-0.05, 0) is 18.1 Å². The van der Waals surface area contributed by atoms with Crippen LogP contribution in [0.5, 0.6) is 0 Å². The normalized spacial score (nSPS) is 10.4. The first-order valence-electron chi connectivity index (χ1n) is 6.43. The second-order valence-corrected chi connectivity index (χ2v) is 4.86.